The summed E-state index contributed by atoms with van der Waals surface area (Å²) in [6.45, 7) is 1.41. The summed E-state index contributed by atoms with van der Waals surface area (Å²) in [4.78, 5) is 24.5. The third kappa shape index (κ3) is 3.16. The van der Waals surface area contributed by atoms with E-state index in [0.29, 0.717) is 33.1 Å². The first-order valence-corrected chi connectivity index (χ1v) is 10.6. The van der Waals surface area contributed by atoms with Crippen molar-refractivity contribution < 1.29 is 13.2 Å². The number of sulfone groups is 1. The molecule has 0 unspecified atom stereocenters. The molecule has 0 saturated carbocycles. The molecule has 2 heterocycles. The molecular weight excluding hydrogens is 400 g/mol. The molecule has 0 atom stereocenters. The maximum Gasteiger partial charge on any atom is 0.271 e. The highest BCUT2D eigenvalue weighted by molar-refractivity contribution is 7.91. The van der Waals surface area contributed by atoms with Gasteiger partial charge in [0.1, 0.15) is 0 Å². The molecule has 28 heavy (non-hydrogen) atoms. The van der Waals surface area contributed by atoms with Crippen LogP contribution in [0.15, 0.2) is 58.2 Å². The molecule has 0 saturated heterocycles. The number of ketones is 1. The van der Waals surface area contributed by atoms with E-state index < -0.39 is 9.84 Å². The summed E-state index contributed by atoms with van der Waals surface area (Å²) in [6, 6.07) is 12.5. The molecule has 1 aromatic heterocycles. The van der Waals surface area contributed by atoms with Gasteiger partial charge in [0.05, 0.1) is 22.0 Å². The first-order valence-electron chi connectivity index (χ1n) is 8.53. The third-order valence-corrected chi connectivity index (χ3v) is 6.72. The summed E-state index contributed by atoms with van der Waals surface area (Å²) < 4.78 is 26.6. The normalized spacial score (nSPS) is 14.6. The largest absolute Gasteiger partial charge is 0.295 e. The second-order valence-corrected chi connectivity index (χ2v) is 9.09. The number of carbonyl (C=O) groups is 1. The molecule has 0 aliphatic carbocycles. The molecule has 0 radical (unpaired) electrons. The van der Waals surface area contributed by atoms with Crippen molar-refractivity contribution >= 4 is 27.2 Å². The lowest BCUT2D eigenvalue weighted by Crippen LogP contribution is -2.22. The molecule has 0 fully saturated rings. The monoisotopic (exact) mass is 414 g/mol. The van der Waals surface area contributed by atoms with Gasteiger partial charge in [-0.05, 0) is 55.3 Å². The summed E-state index contributed by atoms with van der Waals surface area (Å²) in [5.41, 5.74) is 1.78. The summed E-state index contributed by atoms with van der Waals surface area (Å²) in [5.74, 6) is -0.310. The number of Topliss-reactive ketones (excluding diaryl/α,β-unsaturated/α-hetero) is 1. The second kappa shape index (κ2) is 6.68. The van der Waals surface area contributed by atoms with Gasteiger partial charge in [0, 0.05) is 22.2 Å². The zero-order valence-electron chi connectivity index (χ0n) is 14.8. The van der Waals surface area contributed by atoms with Crippen LogP contribution in [-0.4, -0.2) is 29.7 Å². The number of hydrogen-bond donors (Lipinski definition) is 0. The van der Waals surface area contributed by atoms with E-state index in [1.54, 1.807) is 24.3 Å². The number of fused-ring (bicyclic) bond motifs is 3. The molecule has 4 rings (SSSR count). The Hall–Kier alpha value is -2.77. The average Bonchev–Trinajstić information content (AvgIpc) is 2.76. The Kier molecular flexibility index (Phi) is 4.44. The van der Waals surface area contributed by atoms with E-state index in [9.17, 15) is 18.0 Å². The number of hydrogen-bond acceptors (Lipinski definition) is 5. The van der Waals surface area contributed by atoms with Crippen LogP contribution in [0.3, 0.4) is 0 Å². The quantitative estimate of drug-likeness (QED) is 0.601. The van der Waals surface area contributed by atoms with E-state index in [1.165, 1.54) is 35.9 Å². The highest BCUT2D eigenvalue weighted by Crippen LogP contribution is 2.33. The minimum atomic E-state index is -3.56. The van der Waals surface area contributed by atoms with Crippen LogP contribution in [0.1, 0.15) is 22.8 Å². The fourth-order valence-corrected chi connectivity index (χ4v) is 4.84. The van der Waals surface area contributed by atoms with Gasteiger partial charge in [-0.1, -0.05) is 17.7 Å². The van der Waals surface area contributed by atoms with Crippen LogP contribution in [0, 0.1) is 0 Å². The van der Waals surface area contributed by atoms with E-state index in [4.69, 9.17) is 11.6 Å². The summed E-state index contributed by atoms with van der Waals surface area (Å²) >= 11 is 5.91. The SMILES string of the molecule is CC(=O)c1ccc2c(c1)-c1nn(-c3ccc(Cl)cc3)c(=O)cc1CCS2(=O)=O. The van der Waals surface area contributed by atoms with Gasteiger partial charge in [0.2, 0.25) is 0 Å². The van der Waals surface area contributed by atoms with Gasteiger partial charge in [-0.25, -0.2) is 8.42 Å². The van der Waals surface area contributed by atoms with Crippen molar-refractivity contribution in [2.24, 2.45) is 0 Å². The lowest BCUT2D eigenvalue weighted by molar-refractivity contribution is 0.101. The highest BCUT2D eigenvalue weighted by Gasteiger charge is 2.28. The van der Waals surface area contributed by atoms with Gasteiger partial charge < -0.3 is 0 Å². The lowest BCUT2D eigenvalue weighted by Gasteiger charge is -2.12. The first kappa shape index (κ1) is 18.6. The fourth-order valence-electron chi connectivity index (χ4n) is 3.24. The van der Waals surface area contributed by atoms with E-state index in [1.807, 2.05) is 0 Å². The fraction of sp³-hybridized carbons (Fsp3) is 0.150. The minimum absolute atomic E-state index is 0.116. The zero-order valence-corrected chi connectivity index (χ0v) is 16.4. The van der Waals surface area contributed by atoms with Crippen molar-refractivity contribution in [2.75, 3.05) is 5.75 Å². The smallest absolute Gasteiger partial charge is 0.271 e. The predicted octanol–water partition coefficient (Wildman–Crippen LogP) is 3.09. The molecule has 0 amide bonds. The maximum atomic E-state index is 12.7. The Labute approximate surface area is 166 Å². The standard InChI is InChI=1S/C20H15ClN2O4S/c1-12(24)13-2-7-18-17(10-13)20-14(8-9-28(18,26)27)11-19(25)23(22-20)16-5-3-15(21)4-6-16/h2-7,10-11H,8-9H2,1H3. The van der Waals surface area contributed by atoms with Crippen LogP contribution in [0.2, 0.25) is 5.02 Å². The number of aryl methyl sites for hydroxylation is 1. The molecule has 0 N–H and O–H groups in total. The zero-order chi connectivity index (χ0) is 20.1. The molecule has 6 nitrogen and oxygen atoms in total. The summed E-state index contributed by atoms with van der Waals surface area (Å²) in [5, 5.41) is 4.99. The Morgan fingerprint density at radius 3 is 2.50 bits per heavy atom. The van der Waals surface area contributed by atoms with Crippen LogP contribution in [-0.2, 0) is 16.3 Å². The number of halogens is 1. The molecule has 0 bridgehead atoms. The van der Waals surface area contributed by atoms with Crippen LogP contribution < -0.4 is 5.56 Å². The van der Waals surface area contributed by atoms with Gasteiger partial charge in [-0.3, -0.25) is 9.59 Å². The Bertz CT molecular complexity index is 1280. The Balaban J connectivity index is 2.03. The molecule has 8 heteroatoms. The highest BCUT2D eigenvalue weighted by atomic mass is 35.5. The van der Waals surface area contributed by atoms with Crippen molar-refractivity contribution in [1.29, 1.82) is 0 Å². The molecular formula is C20H15ClN2O4S. The van der Waals surface area contributed by atoms with Crippen molar-refractivity contribution in [2.45, 2.75) is 18.2 Å². The van der Waals surface area contributed by atoms with Crippen molar-refractivity contribution in [3.8, 4) is 16.9 Å². The number of carbonyl (C=O) groups excluding carboxylic acids is 1. The predicted molar refractivity (Wildman–Crippen MR) is 106 cm³/mol. The summed E-state index contributed by atoms with van der Waals surface area (Å²) in [7, 11) is -3.56. The van der Waals surface area contributed by atoms with E-state index in [-0.39, 0.29) is 28.4 Å². The topological polar surface area (TPSA) is 86.1 Å². The molecule has 142 valence electrons. The van der Waals surface area contributed by atoms with Crippen molar-refractivity contribution in [3.63, 3.8) is 0 Å². The number of aromatic nitrogens is 2. The van der Waals surface area contributed by atoms with Crippen LogP contribution in [0.25, 0.3) is 16.9 Å². The van der Waals surface area contributed by atoms with Crippen molar-refractivity contribution in [1.82, 2.24) is 9.78 Å². The first-order chi connectivity index (χ1) is 13.3. The Morgan fingerprint density at radius 1 is 1.11 bits per heavy atom. The molecule has 1 aliphatic heterocycles. The average molecular weight is 415 g/mol. The number of rotatable bonds is 2. The second-order valence-electron chi connectivity index (χ2n) is 6.58. The van der Waals surface area contributed by atoms with E-state index in [0.717, 1.165) is 0 Å². The lowest BCUT2D eigenvalue weighted by atomic mass is 10.0. The molecule has 1 aliphatic rings. The van der Waals surface area contributed by atoms with Crippen LogP contribution in [0.4, 0.5) is 0 Å². The van der Waals surface area contributed by atoms with Crippen LogP contribution in [0.5, 0.6) is 0 Å². The van der Waals surface area contributed by atoms with E-state index in [2.05, 4.69) is 5.10 Å². The van der Waals surface area contributed by atoms with Gasteiger partial charge in [0.15, 0.2) is 15.6 Å². The Morgan fingerprint density at radius 2 is 1.82 bits per heavy atom. The third-order valence-electron chi connectivity index (χ3n) is 4.70. The molecule has 2 aromatic carbocycles. The maximum absolute atomic E-state index is 12.7. The van der Waals surface area contributed by atoms with Gasteiger partial charge in [-0.15, -0.1) is 0 Å². The molecule has 0 spiro atoms. The summed E-state index contributed by atoms with van der Waals surface area (Å²) in [6.07, 6.45) is 0.172. The number of nitrogens with zero attached hydrogens (tertiary/aromatic N) is 2. The van der Waals surface area contributed by atoms with Gasteiger partial charge in [-0.2, -0.15) is 9.78 Å². The van der Waals surface area contributed by atoms with Gasteiger partial charge in [0.25, 0.3) is 5.56 Å². The van der Waals surface area contributed by atoms with Crippen LogP contribution >= 0.6 is 11.6 Å². The molecule has 3 aromatic rings. The van der Waals surface area contributed by atoms with Crippen molar-refractivity contribution in [3.05, 3.63) is 75.0 Å². The number of benzene rings is 2. The minimum Gasteiger partial charge on any atom is -0.295 e. The van der Waals surface area contributed by atoms with Gasteiger partial charge >= 0.3 is 0 Å². The van der Waals surface area contributed by atoms with E-state index >= 15 is 0 Å².